The van der Waals surface area contributed by atoms with Crippen LogP contribution in [0.4, 0.5) is 0 Å². The van der Waals surface area contributed by atoms with E-state index in [1.807, 2.05) is 0 Å². The minimum Gasteiger partial charge on any atom is -0.385 e. The fourth-order valence-electron chi connectivity index (χ4n) is 2.64. The number of nitrogens with zero attached hydrogens (tertiary/aromatic N) is 2. The molecule has 4 heteroatoms. The van der Waals surface area contributed by atoms with E-state index >= 15 is 0 Å². The molecule has 0 aromatic carbocycles. The number of methoxy groups -OCH3 is 1. The van der Waals surface area contributed by atoms with E-state index in [2.05, 4.69) is 37.7 Å². The average molecular weight is 267 g/mol. The number of unbranched alkanes of at least 4 members (excludes halogenated alkanes) is 1. The van der Waals surface area contributed by atoms with Gasteiger partial charge in [-0.25, -0.2) is 0 Å². The highest BCUT2D eigenvalue weighted by molar-refractivity contribution is 5.28. The third-order valence-corrected chi connectivity index (χ3v) is 3.61. The molecule has 1 N–H and O–H groups in total. The van der Waals surface area contributed by atoms with Gasteiger partial charge in [-0.2, -0.15) is 5.10 Å². The Morgan fingerprint density at radius 3 is 2.58 bits per heavy atom. The first-order valence-electron chi connectivity index (χ1n) is 7.41. The van der Waals surface area contributed by atoms with Crippen molar-refractivity contribution in [2.75, 3.05) is 20.3 Å². The molecule has 1 unspecified atom stereocenters. The standard InChI is InChI=1S/C15H29N3O/c1-6-14(16-7-2)15-12(3)17-18(13(15)4)10-8-9-11-19-5/h14,16H,6-11H2,1-5H3. The molecule has 0 aliphatic carbocycles. The first-order valence-corrected chi connectivity index (χ1v) is 7.41. The van der Waals surface area contributed by atoms with Crippen LogP contribution in [0.15, 0.2) is 0 Å². The zero-order valence-corrected chi connectivity index (χ0v) is 13.1. The molecule has 1 atom stereocenters. The summed E-state index contributed by atoms with van der Waals surface area (Å²) in [4.78, 5) is 0. The Kier molecular flexibility index (Phi) is 7.10. The van der Waals surface area contributed by atoms with E-state index in [9.17, 15) is 0 Å². The van der Waals surface area contributed by atoms with Crippen molar-refractivity contribution in [2.45, 2.75) is 59.5 Å². The number of hydrogen-bond acceptors (Lipinski definition) is 3. The van der Waals surface area contributed by atoms with Gasteiger partial charge in [-0.15, -0.1) is 0 Å². The maximum atomic E-state index is 5.09. The molecule has 1 rings (SSSR count). The zero-order valence-electron chi connectivity index (χ0n) is 13.1. The van der Waals surface area contributed by atoms with Crippen LogP contribution in [-0.4, -0.2) is 30.0 Å². The van der Waals surface area contributed by atoms with Gasteiger partial charge in [0, 0.05) is 37.6 Å². The second-order valence-electron chi connectivity index (χ2n) is 5.03. The molecule has 110 valence electrons. The Balaban J connectivity index is 2.75. The van der Waals surface area contributed by atoms with Crippen LogP contribution in [-0.2, 0) is 11.3 Å². The lowest BCUT2D eigenvalue weighted by atomic mass is 10.0. The van der Waals surface area contributed by atoms with Crippen LogP contribution in [0, 0.1) is 13.8 Å². The molecule has 0 aliphatic heterocycles. The highest BCUT2D eigenvalue weighted by Crippen LogP contribution is 2.24. The fourth-order valence-corrected chi connectivity index (χ4v) is 2.64. The van der Waals surface area contributed by atoms with E-state index in [0.29, 0.717) is 6.04 Å². The van der Waals surface area contributed by atoms with Gasteiger partial charge >= 0.3 is 0 Å². The van der Waals surface area contributed by atoms with Gasteiger partial charge in [-0.3, -0.25) is 4.68 Å². The van der Waals surface area contributed by atoms with E-state index < -0.39 is 0 Å². The van der Waals surface area contributed by atoms with Gasteiger partial charge in [-0.05, 0) is 39.7 Å². The first kappa shape index (κ1) is 16.2. The normalized spacial score (nSPS) is 12.9. The highest BCUT2D eigenvalue weighted by atomic mass is 16.5. The SMILES string of the molecule is CCNC(CC)c1c(C)nn(CCCCOC)c1C. The molecule has 0 saturated carbocycles. The lowest BCUT2D eigenvalue weighted by Gasteiger charge is -2.16. The van der Waals surface area contributed by atoms with Crippen molar-refractivity contribution < 1.29 is 4.74 Å². The van der Waals surface area contributed by atoms with Gasteiger partial charge in [0.15, 0.2) is 0 Å². The van der Waals surface area contributed by atoms with Crippen LogP contribution >= 0.6 is 0 Å². The van der Waals surface area contributed by atoms with Crippen LogP contribution in [0.2, 0.25) is 0 Å². The van der Waals surface area contributed by atoms with Gasteiger partial charge in [-0.1, -0.05) is 13.8 Å². The van der Waals surface area contributed by atoms with Gasteiger partial charge in [0.25, 0.3) is 0 Å². The monoisotopic (exact) mass is 267 g/mol. The molecular weight excluding hydrogens is 238 g/mol. The lowest BCUT2D eigenvalue weighted by molar-refractivity contribution is 0.191. The van der Waals surface area contributed by atoms with Crippen molar-refractivity contribution in [1.82, 2.24) is 15.1 Å². The van der Waals surface area contributed by atoms with Gasteiger partial charge in [0.2, 0.25) is 0 Å². The van der Waals surface area contributed by atoms with E-state index in [1.54, 1.807) is 7.11 Å². The number of hydrogen-bond donors (Lipinski definition) is 1. The zero-order chi connectivity index (χ0) is 14.3. The second-order valence-corrected chi connectivity index (χ2v) is 5.03. The third-order valence-electron chi connectivity index (χ3n) is 3.61. The van der Waals surface area contributed by atoms with E-state index in [1.165, 1.54) is 11.3 Å². The molecule has 0 aliphatic rings. The van der Waals surface area contributed by atoms with Crippen LogP contribution in [0.1, 0.15) is 56.1 Å². The smallest absolute Gasteiger partial charge is 0.0644 e. The highest BCUT2D eigenvalue weighted by Gasteiger charge is 2.18. The second kappa shape index (κ2) is 8.33. The number of rotatable bonds is 9. The summed E-state index contributed by atoms with van der Waals surface area (Å²) >= 11 is 0. The van der Waals surface area contributed by atoms with Crippen molar-refractivity contribution in [3.05, 3.63) is 17.0 Å². The van der Waals surface area contributed by atoms with Crippen molar-refractivity contribution in [1.29, 1.82) is 0 Å². The third kappa shape index (κ3) is 4.32. The Hall–Kier alpha value is -0.870. The van der Waals surface area contributed by atoms with Gasteiger partial charge in [0.1, 0.15) is 0 Å². The van der Waals surface area contributed by atoms with Crippen LogP contribution < -0.4 is 5.32 Å². The predicted molar refractivity (Wildman–Crippen MR) is 79.5 cm³/mol. The molecule has 0 fully saturated rings. The summed E-state index contributed by atoms with van der Waals surface area (Å²) in [6, 6.07) is 0.428. The number of ether oxygens (including phenoxy) is 1. The molecule has 0 spiro atoms. The largest absolute Gasteiger partial charge is 0.385 e. The minimum atomic E-state index is 0.428. The molecule has 1 aromatic rings. The first-order chi connectivity index (χ1) is 9.15. The van der Waals surface area contributed by atoms with Crippen LogP contribution in [0.3, 0.4) is 0 Å². The maximum absolute atomic E-state index is 5.09. The summed E-state index contributed by atoms with van der Waals surface area (Å²) in [6.45, 7) is 11.5. The van der Waals surface area contributed by atoms with Crippen molar-refractivity contribution in [3.63, 3.8) is 0 Å². The van der Waals surface area contributed by atoms with Gasteiger partial charge in [0.05, 0.1) is 5.69 Å². The van der Waals surface area contributed by atoms with Crippen LogP contribution in [0.25, 0.3) is 0 Å². The average Bonchev–Trinajstić information content (AvgIpc) is 2.67. The molecule has 4 nitrogen and oxygen atoms in total. The molecule has 1 aromatic heterocycles. The Labute approximate surface area is 117 Å². The number of aryl methyl sites for hydroxylation is 2. The van der Waals surface area contributed by atoms with Crippen molar-refractivity contribution in [3.8, 4) is 0 Å². The number of aromatic nitrogens is 2. The van der Waals surface area contributed by atoms with Crippen LogP contribution in [0.5, 0.6) is 0 Å². The fraction of sp³-hybridized carbons (Fsp3) is 0.800. The summed E-state index contributed by atoms with van der Waals surface area (Å²) in [5, 5.41) is 8.24. The van der Waals surface area contributed by atoms with Crippen molar-refractivity contribution >= 4 is 0 Å². The Bertz CT molecular complexity index is 374. The molecule has 0 saturated heterocycles. The summed E-state index contributed by atoms with van der Waals surface area (Å²) in [5.41, 5.74) is 3.86. The topological polar surface area (TPSA) is 39.1 Å². The Morgan fingerprint density at radius 2 is 2.00 bits per heavy atom. The summed E-state index contributed by atoms with van der Waals surface area (Å²) < 4.78 is 7.24. The molecule has 19 heavy (non-hydrogen) atoms. The van der Waals surface area contributed by atoms with E-state index in [-0.39, 0.29) is 0 Å². The minimum absolute atomic E-state index is 0.428. The number of nitrogens with one attached hydrogen (secondary N) is 1. The molecule has 1 heterocycles. The summed E-state index contributed by atoms with van der Waals surface area (Å²) in [6.07, 6.45) is 3.31. The van der Waals surface area contributed by atoms with E-state index in [0.717, 1.165) is 44.7 Å². The molecule has 0 radical (unpaired) electrons. The lowest BCUT2D eigenvalue weighted by Crippen LogP contribution is -2.21. The molecule has 0 bridgehead atoms. The maximum Gasteiger partial charge on any atom is 0.0644 e. The molecular formula is C15H29N3O. The summed E-state index contributed by atoms with van der Waals surface area (Å²) in [5.74, 6) is 0. The quantitative estimate of drug-likeness (QED) is 0.699. The Morgan fingerprint density at radius 1 is 1.26 bits per heavy atom. The van der Waals surface area contributed by atoms with Gasteiger partial charge < -0.3 is 10.1 Å². The van der Waals surface area contributed by atoms with Crippen molar-refractivity contribution in [2.24, 2.45) is 0 Å². The predicted octanol–water partition coefficient (Wildman–Crippen LogP) is 2.99. The molecule has 0 amide bonds. The van der Waals surface area contributed by atoms with E-state index in [4.69, 9.17) is 9.84 Å². The summed E-state index contributed by atoms with van der Waals surface area (Å²) in [7, 11) is 1.75.